The first-order valence-corrected chi connectivity index (χ1v) is 10.4. The number of carbonyl (C=O) groups excluding carboxylic acids is 2. The number of esters is 1. The quantitative estimate of drug-likeness (QED) is 0.732. The van der Waals surface area contributed by atoms with E-state index in [-0.39, 0.29) is 27.4 Å². The molecule has 3 N–H and O–H groups in total. The lowest BCUT2D eigenvalue weighted by atomic mass is 9.86. The van der Waals surface area contributed by atoms with Crippen molar-refractivity contribution in [2.75, 3.05) is 0 Å². The average Bonchev–Trinajstić information content (AvgIpc) is 2.56. The summed E-state index contributed by atoms with van der Waals surface area (Å²) in [6.45, 7) is 3.56. The number of hydrogen-bond acceptors (Lipinski definition) is 5. The van der Waals surface area contributed by atoms with E-state index >= 15 is 0 Å². The van der Waals surface area contributed by atoms with Gasteiger partial charge in [-0.3, -0.25) is 4.79 Å². The number of rotatable bonds is 5. The summed E-state index contributed by atoms with van der Waals surface area (Å²) in [7, 11) is -4.08. The first-order valence-electron chi connectivity index (χ1n) is 8.43. The second kappa shape index (κ2) is 8.37. The molecule has 0 bridgehead atoms. The minimum Gasteiger partial charge on any atom is -0.449 e. The van der Waals surface area contributed by atoms with Gasteiger partial charge in [-0.1, -0.05) is 31.4 Å². The molecule has 1 aliphatic rings. The van der Waals surface area contributed by atoms with Gasteiger partial charge >= 0.3 is 5.97 Å². The zero-order valence-electron chi connectivity index (χ0n) is 14.7. The minimum absolute atomic E-state index is 0.0518. The van der Waals surface area contributed by atoms with Crippen molar-refractivity contribution < 1.29 is 22.7 Å². The molecule has 9 heteroatoms. The van der Waals surface area contributed by atoms with Gasteiger partial charge in [0.05, 0.1) is 10.6 Å². The SMILES string of the molecule is C[C@@H](OC(=O)c1ccc(Cl)c(S(N)(=O)=O)c1)C(=O)N[C@H]1CCCC[C@@H]1C. The van der Waals surface area contributed by atoms with Crippen molar-refractivity contribution in [3.05, 3.63) is 28.8 Å². The number of primary sulfonamides is 1. The molecule has 2 rings (SSSR count). The Kier molecular flexibility index (Phi) is 6.65. The van der Waals surface area contributed by atoms with Gasteiger partial charge in [-0.05, 0) is 43.9 Å². The third-order valence-electron chi connectivity index (χ3n) is 4.57. The average molecular weight is 403 g/mol. The van der Waals surface area contributed by atoms with Gasteiger partial charge < -0.3 is 10.1 Å². The number of halogens is 1. The van der Waals surface area contributed by atoms with Crippen LogP contribution in [0.4, 0.5) is 0 Å². The van der Waals surface area contributed by atoms with Crippen LogP contribution in [0.25, 0.3) is 0 Å². The van der Waals surface area contributed by atoms with Crippen molar-refractivity contribution in [3.63, 3.8) is 0 Å². The van der Waals surface area contributed by atoms with E-state index in [2.05, 4.69) is 12.2 Å². The number of nitrogens with one attached hydrogen (secondary N) is 1. The number of ether oxygens (including phenoxy) is 1. The van der Waals surface area contributed by atoms with Gasteiger partial charge in [-0.25, -0.2) is 18.4 Å². The molecule has 1 amide bonds. The number of amides is 1. The summed E-state index contributed by atoms with van der Waals surface area (Å²) in [5, 5.41) is 7.89. The summed E-state index contributed by atoms with van der Waals surface area (Å²) < 4.78 is 28.1. The highest BCUT2D eigenvalue weighted by molar-refractivity contribution is 7.89. The van der Waals surface area contributed by atoms with Crippen LogP contribution in [0.15, 0.2) is 23.1 Å². The smallest absolute Gasteiger partial charge is 0.338 e. The van der Waals surface area contributed by atoms with Crippen LogP contribution in [0.5, 0.6) is 0 Å². The molecule has 26 heavy (non-hydrogen) atoms. The zero-order chi connectivity index (χ0) is 19.5. The maximum atomic E-state index is 12.3. The van der Waals surface area contributed by atoms with Crippen LogP contribution >= 0.6 is 11.6 Å². The van der Waals surface area contributed by atoms with Crippen molar-refractivity contribution in [2.24, 2.45) is 11.1 Å². The fraction of sp³-hybridized carbons (Fsp3) is 0.529. The van der Waals surface area contributed by atoms with E-state index in [1.54, 1.807) is 0 Å². The molecule has 1 saturated carbocycles. The molecule has 1 aliphatic carbocycles. The molecule has 0 radical (unpaired) electrons. The van der Waals surface area contributed by atoms with Gasteiger partial charge in [0.2, 0.25) is 10.0 Å². The van der Waals surface area contributed by atoms with Crippen molar-refractivity contribution >= 4 is 33.5 Å². The third kappa shape index (κ3) is 5.18. The van der Waals surface area contributed by atoms with Gasteiger partial charge in [0.1, 0.15) is 4.90 Å². The summed E-state index contributed by atoms with van der Waals surface area (Å²) in [5.74, 6) is -0.826. The largest absolute Gasteiger partial charge is 0.449 e. The van der Waals surface area contributed by atoms with Gasteiger partial charge in [-0.2, -0.15) is 0 Å². The van der Waals surface area contributed by atoms with Crippen LogP contribution in [0.3, 0.4) is 0 Å². The lowest BCUT2D eigenvalue weighted by molar-refractivity contribution is -0.130. The minimum atomic E-state index is -4.08. The normalized spacial score (nSPS) is 21.7. The van der Waals surface area contributed by atoms with E-state index in [1.807, 2.05) is 0 Å². The second-order valence-electron chi connectivity index (χ2n) is 6.61. The van der Waals surface area contributed by atoms with Crippen LogP contribution in [-0.4, -0.2) is 32.4 Å². The number of carbonyl (C=O) groups is 2. The fourth-order valence-corrected chi connectivity index (χ4v) is 4.03. The molecule has 0 spiro atoms. The summed E-state index contributed by atoms with van der Waals surface area (Å²) in [6.07, 6.45) is 3.17. The predicted molar refractivity (Wildman–Crippen MR) is 97.3 cm³/mol. The topological polar surface area (TPSA) is 116 Å². The maximum absolute atomic E-state index is 12.3. The van der Waals surface area contributed by atoms with E-state index in [9.17, 15) is 18.0 Å². The van der Waals surface area contributed by atoms with E-state index in [1.165, 1.54) is 19.1 Å². The van der Waals surface area contributed by atoms with E-state index in [0.717, 1.165) is 31.7 Å². The van der Waals surface area contributed by atoms with Crippen LogP contribution in [0, 0.1) is 5.92 Å². The van der Waals surface area contributed by atoms with Crippen LogP contribution < -0.4 is 10.5 Å². The number of hydrogen-bond donors (Lipinski definition) is 2. The predicted octanol–water partition coefficient (Wildman–Crippen LogP) is 2.23. The molecule has 7 nitrogen and oxygen atoms in total. The molecule has 0 unspecified atom stereocenters. The van der Waals surface area contributed by atoms with Gasteiger partial charge in [0.25, 0.3) is 5.91 Å². The Hall–Kier alpha value is -1.64. The van der Waals surface area contributed by atoms with Crippen LogP contribution in [-0.2, 0) is 19.6 Å². The highest BCUT2D eigenvalue weighted by Crippen LogP contribution is 2.24. The Labute approximate surface area is 158 Å². The molecular weight excluding hydrogens is 380 g/mol. The van der Waals surface area contributed by atoms with Gasteiger partial charge in [0.15, 0.2) is 6.10 Å². The van der Waals surface area contributed by atoms with E-state index in [0.29, 0.717) is 5.92 Å². The van der Waals surface area contributed by atoms with Crippen molar-refractivity contribution in [2.45, 2.75) is 56.6 Å². The second-order valence-corrected chi connectivity index (χ2v) is 8.55. The first-order chi connectivity index (χ1) is 12.1. The molecule has 3 atom stereocenters. The van der Waals surface area contributed by atoms with Crippen LogP contribution in [0.2, 0.25) is 5.02 Å². The molecule has 0 aliphatic heterocycles. The Morgan fingerprint density at radius 3 is 2.58 bits per heavy atom. The lowest BCUT2D eigenvalue weighted by Crippen LogP contribution is -2.46. The number of benzene rings is 1. The molecule has 1 fully saturated rings. The Balaban J connectivity index is 2.03. The lowest BCUT2D eigenvalue weighted by Gasteiger charge is -2.30. The summed E-state index contributed by atoms with van der Waals surface area (Å²) >= 11 is 5.79. The Morgan fingerprint density at radius 2 is 1.96 bits per heavy atom. The van der Waals surface area contributed by atoms with E-state index < -0.39 is 22.1 Å². The van der Waals surface area contributed by atoms with Crippen molar-refractivity contribution in [1.29, 1.82) is 0 Å². The van der Waals surface area contributed by atoms with Gasteiger partial charge in [-0.15, -0.1) is 0 Å². The molecule has 144 valence electrons. The molecular formula is C17H23ClN2O5S. The molecule has 1 aromatic rings. The summed E-state index contributed by atoms with van der Waals surface area (Å²) in [6, 6.07) is 3.66. The molecule has 0 saturated heterocycles. The number of sulfonamides is 1. The third-order valence-corrected chi connectivity index (χ3v) is 5.96. The molecule has 0 heterocycles. The summed E-state index contributed by atoms with van der Waals surface area (Å²) in [5.41, 5.74) is -0.0518. The van der Waals surface area contributed by atoms with Crippen LogP contribution in [0.1, 0.15) is 49.9 Å². The Bertz CT molecular complexity index is 796. The highest BCUT2D eigenvalue weighted by Gasteiger charge is 2.27. The van der Waals surface area contributed by atoms with Gasteiger partial charge in [0, 0.05) is 6.04 Å². The fourth-order valence-electron chi connectivity index (χ4n) is 2.96. The van der Waals surface area contributed by atoms with Crippen molar-refractivity contribution in [3.8, 4) is 0 Å². The molecule has 0 aromatic heterocycles. The monoisotopic (exact) mass is 402 g/mol. The maximum Gasteiger partial charge on any atom is 0.338 e. The highest BCUT2D eigenvalue weighted by atomic mass is 35.5. The zero-order valence-corrected chi connectivity index (χ0v) is 16.3. The van der Waals surface area contributed by atoms with Crippen molar-refractivity contribution in [1.82, 2.24) is 5.32 Å². The standard InChI is InChI=1S/C17H23ClN2O5S/c1-10-5-3-4-6-14(10)20-16(21)11(2)25-17(22)12-7-8-13(18)15(9-12)26(19,23)24/h7-11,14H,3-6H2,1-2H3,(H,20,21)(H2,19,23,24)/t10-,11+,14-/m0/s1. The number of nitrogens with two attached hydrogens (primary N) is 1. The Morgan fingerprint density at radius 1 is 1.31 bits per heavy atom. The first kappa shape index (κ1) is 20.7. The summed E-state index contributed by atoms with van der Waals surface area (Å²) in [4.78, 5) is 24.1. The molecule has 1 aromatic carbocycles. The van der Waals surface area contributed by atoms with E-state index in [4.69, 9.17) is 21.5 Å².